The molecule has 2 rings (SSSR count). The lowest BCUT2D eigenvalue weighted by Gasteiger charge is -2.07. The molecule has 1 atom stereocenters. The van der Waals surface area contributed by atoms with Crippen LogP contribution in [0.25, 0.3) is 10.1 Å². The molecule has 0 fully saturated rings. The first-order valence-corrected chi connectivity index (χ1v) is 7.50. The highest BCUT2D eigenvalue weighted by atomic mass is 32.1. The molecule has 0 spiro atoms. The van der Waals surface area contributed by atoms with E-state index >= 15 is 0 Å². The fraction of sp³-hybridized carbons (Fsp3) is 0.400. The highest BCUT2D eigenvalue weighted by Crippen LogP contribution is 2.25. The molecule has 0 saturated carbocycles. The van der Waals surface area contributed by atoms with E-state index in [2.05, 4.69) is 0 Å². The molecule has 1 heterocycles. The van der Waals surface area contributed by atoms with Crippen LogP contribution in [0.1, 0.15) is 33.3 Å². The lowest BCUT2D eigenvalue weighted by Crippen LogP contribution is -2.32. The number of carbonyl (C=O) groups is 1. The molecule has 0 aliphatic heterocycles. The van der Waals surface area contributed by atoms with Crippen molar-refractivity contribution < 1.29 is 9.90 Å². The SMILES string of the molecule is CC.CC.N[C@H](Cc1cccc2ccsc12)C(=O)O. The summed E-state index contributed by atoms with van der Waals surface area (Å²) in [6, 6.07) is 7.08. The summed E-state index contributed by atoms with van der Waals surface area (Å²) >= 11 is 1.62. The number of aliphatic carboxylic acids is 1. The number of thiophene rings is 1. The van der Waals surface area contributed by atoms with Crippen molar-refractivity contribution in [1.29, 1.82) is 0 Å². The molecule has 0 bridgehead atoms. The third-order valence-electron chi connectivity index (χ3n) is 2.32. The molecular weight excluding hydrogens is 258 g/mol. The third-order valence-corrected chi connectivity index (χ3v) is 3.32. The van der Waals surface area contributed by atoms with E-state index in [0.717, 1.165) is 15.6 Å². The van der Waals surface area contributed by atoms with Gasteiger partial charge in [0.05, 0.1) is 0 Å². The molecule has 0 saturated heterocycles. The fourth-order valence-corrected chi connectivity index (χ4v) is 2.47. The number of fused-ring (bicyclic) bond motifs is 1. The van der Waals surface area contributed by atoms with Crippen molar-refractivity contribution >= 4 is 27.4 Å². The highest BCUT2D eigenvalue weighted by Gasteiger charge is 2.13. The molecule has 106 valence electrons. The van der Waals surface area contributed by atoms with Crippen molar-refractivity contribution in [2.45, 2.75) is 40.2 Å². The van der Waals surface area contributed by atoms with E-state index in [0.29, 0.717) is 6.42 Å². The molecular formula is C15H23NO2S. The number of hydrogen-bond acceptors (Lipinski definition) is 3. The molecule has 0 amide bonds. The topological polar surface area (TPSA) is 63.3 Å². The first-order valence-electron chi connectivity index (χ1n) is 6.62. The summed E-state index contributed by atoms with van der Waals surface area (Å²) in [5.41, 5.74) is 6.52. The molecule has 0 aliphatic rings. The smallest absolute Gasteiger partial charge is 0.320 e. The van der Waals surface area contributed by atoms with Crippen LogP contribution >= 0.6 is 11.3 Å². The molecule has 4 heteroatoms. The minimum absolute atomic E-state index is 0.382. The van der Waals surface area contributed by atoms with Crippen LogP contribution in [-0.2, 0) is 11.2 Å². The summed E-state index contributed by atoms with van der Waals surface area (Å²) < 4.78 is 1.13. The van der Waals surface area contributed by atoms with Crippen LogP contribution in [0, 0.1) is 0 Å². The van der Waals surface area contributed by atoms with Gasteiger partial charge in [0.15, 0.2) is 0 Å². The Bertz CT molecular complexity index is 494. The van der Waals surface area contributed by atoms with E-state index in [9.17, 15) is 4.79 Å². The number of benzene rings is 1. The van der Waals surface area contributed by atoms with Crippen molar-refractivity contribution in [3.63, 3.8) is 0 Å². The standard InChI is InChI=1S/C11H11NO2S.2C2H6/c12-9(11(13)14)6-8-3-1-2-7-4-5-15-10(7)8;2*1-2/h1-5,9H,6,12H2,(H,13,14);2*1-2H3/t9-;;/m1../s1. The summed E-state index contributed by atoms with van der Waals surface area (Å²) in [5.74, 6) is -0.955. The predicted octanol–water partition coefficient (Wildman–Crippen LogP) is 3.91. The Morgan fingerprint density at radius 1 is 1.26 bits per heavy atom. The Morgan fingerprint density at radius 2 is 1.89 bits per heavy atom. The van der Waals surface area contributed by atoms with Gasteiger partial charge >= 0.3 is 5.97 Å². The minimum Gasteiger partial charge on any atom is -0.480 e. The normalized spacial score (nSPS) is 10.8. The van der Waals surface area contributed by atoms with Crippen LogP contribution < -0.4 is 5.73 Å². The molecule has 2 aromatic rings. The van der Waals surface area contributed by atoms with E-state index in [-0.39, 0.29) is 0 Å². The Kier molecular flexibility index (Phi) is 8.83. The van der Waals surface area contributed by atoms with Gasteiger partial charge in [-0.05, 0) is 28.8 Å². The summed E-state index contributed by atoms with van der Waals surface area (Å²) in [6.07, 6.45) is 0.382. The van der Waals surface area contributed by atoms with E-state index in [1.807, 2.05) is 57.3 Å². The Morgan fingerprint density at radius 3 is 2.47 bits per heavy atom. The quantitative estimate of drug-likeness (QED) is 0.896. The maximum atomic E-state index is 10.7. The first-order chi connectivity index (χ1) is 9.18. The molecule has 1 aromatic heterocycles. The second-order valence-corrected chi connectivity index (χ2v) is 4.32. The average Bonchev–Trinajstić information content (AvgIpc) is 2.92. The number of carboxylic acids is 1. The molecule has 0 radical (unpaired) electrons. The van der Waals surface area contributed by atoms with Gasteiger partial charge in [0, 0.05) is 4.70 Å². The van der Waals surface area contributed by atoms with Gasteiger partial charge in [-0.2, -0.15) is 0 Å². The molecule has 0 aliphatic carbocycles. The number of rotatable bonds is 3. The van der Waals surface area contributed by atoms with Crippen molar-refractivity contribution in [2.24, 2.45) is 5.73 Å². The molecule has 19 heavy (non-hydrogen) atoms. The summed E-state index contributed by atoms with van der Waals surface area (Å²) in [5, 5.41) is 11.9. The van der Waals surface area contributed by atoms with E-state index in [1.165, 1.54) is 0 Å². The lowest BCUT2D eigenvalue weighted by atomic mass is 10.1. The maximum Gasteiger partial charge on any atom is 0.320 e. The number of hydrogen-bond donors (Lipinski definition) is 2. The van der Waals surface area contributed by atoms with Gasteiger partial charge in [0.1, 0.15) is 6.04 Å². The number of carboxylic acid groups (broad SMARTS) is 1. The maximum absolute atomic E-state index is 10.7. The number of nitrogens with two attached hydrogens (primary N) is 1. The second-order valence-electron chi connectivity index (χ2n) is 3.40. The lowest BCUT2D eigenvalue weighted by molar-refractivity contribution is -0.138. The van der Waals surface area contributed by atoms with Crippen molar-refractivity contribution in [1.82, 2.24) is 0 Å². The monoisotopic (exact) mass is 281 g/mol. The van der Waals surface area contributed by atoms with Crippen molar-refractivity contribution in [3.8, 4) is 0 Å². The summed E-state index contributed by atoms with van der Waals surface area (Å²) in [6.45, 7) is 8.00. The van der Waals surface area contributed by atoms with Gasteiger partial charge in [-0.25, -0.2) is 0 Å². The Labute approximate surface area is 119 Å². The molecule has 1 aromatic carbocycles. The first kappa shape index (κ1) is 17.6. The van der Waals surface area contributed by atoms with Gasteiger partial charge in [-0.15, -0.1) is 11.3 Å². The summed E-state index contributed by atoms with van der Waals surface area (Å²) in [7, 11) is 0. The van der Waals surface area contributed by atoms with Crippen molar-refractivity contribution in [2.75, 3.05) is 0 Å². The zero-order valence-electron chi connectivity index (χ0n) is 12.0. The largest absolute Gasteiger partial charge is 0.480 e. The molecule has 3 nitrogen and oxygen atoms in total. The molecule has 3 N–H and O–H groups in total. The van der Waals surface area contributed by atoms with Crippen molar-refractivity contribution in [3.05, 3.63) is 35.2 Å². The summed E-state index contributed by atoms with van der Waals surface area (Å²) in [4.78, 5) is 10.7. The van der Waals surface area contributed by atoms with Crippen LogP contribution in [0.5, 0.6) is 0 Å². The predicted molar refractivity (Wildman–Crippen MR) is 83.8 cm³/mol. The van der Waals surface area contributed by atoms with E-state index in [1.54, 1.807) is 11.3 Å². The van der Waals surface area contributed by atoms with Gasteiger partial charge in [-0.3, -0.25) is 4.79 Å². The van der Waals surface area contributed by atoms with Crippen LogP contribution in [0.15, 0.2) is 29.6 Å². The van der Waals surface area contributed by atoms with Gasteiger partial charge in [0.2, 0.25) is 0 Å². The van der Waals surface area contributed by atoms with E-state index < -0.39 is 12.0 Å². The fourth-order valence-electron chi connectivity index (χ4n) is 1.54. The zero-order valence-corrected chi connectivity index (χ0v) is 12.8. The second kappa shape index (κ2) is 9.53. The van der Waals surface area contributed by atoms with Gasteiger partial charge < -0.3 is 10.8 Å². The van der Waals surface area contributed by atoms with Crippen LogP contribution in [0.3, 0.4) is 0 Å². The minimum atomic E-state index is -0.955. The van der Waals surface area contributed by atoms with Crippen LogP contribution in [0.4, 0.5) is 0 Å². The van der Waals surface area contributed by atoms with Gasteiger partial charge in [0.25, 0.3) is 0 Å². The van der Waals surface area contributed by atoms with Gasteiger partial charge in [-0.1, -0.05) is 45.9 Å². The Balaban J connectivity index is 0.000000741. The zero-order chi connectivity index (χ0) is 14.8. The third kappa shape index (κ3) is 5.01. The molecule has 0 unspecified atom stereocenters. The average molecular weight is 281 g/mol. The Hall–Kier alpha value is -1.39. The van der Waals surface area contributed by atoms with Crippen LogP contribution in [-0.4, -0.2) is 17.1 Å². The highest BCUT2D eigenvalue weighted by molar-refractivity contribution is 7.17. The van der Waals surface area contributed by atoms with E-state index in [4.69, 9.17) is 10.8 Å². The van der Waals surface area contributed by atoms with Crippen LogP contribution in [0.2, 0.25) is 0 Å².